The number of benzene rings is 1. The minimum Gasteiger partial charge on any atom is -0.396 e. The molecular formula is C20H25N3O4. The Morgan fingerprint density at radius 2 is 2.04 bits per heavy atom. The fourth-order valence-corrected chi connectivity index (χ4v) is 2.53. The Morgan fingerprint density at radius 3 is 2.56 bits per heavy atom. The Bertz CT molecular complexity index is 769. The van der Waals surface area contributed by atoms with Gasteiger partial charge in [0.2, 0.25) is 0 Å². The topological polar surface area (TPSA) is 125 Å². The van der Waals surface area contributed by atoms with Crippen LogP contribution in [0, 0.1) is 23.7 Å². The molecular weight excluding hydrogens is 346 g/mol. The van der Waals surface area contributed by atoms with Gasteiger partial charge in [-0.05, 0) is 56.0 Å². The maximum absolute atomic E-state index is 12.3. The summed E-state index contributed by atoms with van der Waals surface area (Å²) in [6.07, 6.45) is 4.52. The van der Waals surface area contributed by atoms with Gasteiger partial charge in [0.1, 0.15) is 6.04 Å². The number of allylic oxidation sites excluding steroid dienone is 1. The number of aliphatic hydroxyl groups is 1. The Labute approximate surface area is 158 Å². The molecule has 0 radical (unpaired) electrons. The summed E-state index contributed by atoms with van der Waals surface area (Å²) in [5.41, 5.74) is 7.59. The molecule has 1 fully saturated rings. The third kappa shape index (κ3) is 5.93. The molecule has 0 bridgehead atoms. The molecule has 0 spiro atoms. The van der Waals surface area contributed by atoms with Crippen LogP contribution >= 0.6 is 0 Å². The van der Waals surface area contributed by atoms with Crippen molar-refractivity contribution in [2.24, 2.45) is 17.6 Å². The second-order valence-electron chi connectivity index (χ2n) is 7.23. The van der Waals surface area contributed by atoms with Gasteiger partial charge in [-0.1, -0.05) is 24.0 Å². The molecule has 3 atom stereocenters. The van der Waals surface area contributed by atoms with Gasteiger partial charge in [0.25, 0.3) is 11.8 Å². The van der Waals surface area contributed by atoms with Crippen molar-refractivity contribution in [1.82, 2.24) is 10.8 Å². The molecule has 0 saturated heterocycles. The zero-order chi connectivity index (χ0) is 20.0. The largest absolute Gasteiger partial charge is 0.396 e. The molecule has 0 aromatic heterocycles. The van der Waals surface area contributed by atoms with Crippen LogP contribution in [0.1, 0.15) is 36.2 Å². The van der Waals surface area contributed by atoms with Crippen LogP contribution in [0.25, 0.3) is 6.08 Å². The van der Waals surface area contributed by atoms with Crippen LogP contribution in [0.4, 0.5) is 0 Å². The average Bonchev–Trinajstić information content (AvgIpc) is 3.40. The van der Waals surface area contributed by atoms with Crippen LogP contribution in [-0.2, 0) is 4.79 Å². The number of aliphatic hydroxyl groups excluding tert-OH is 1. The average molecular weight is 371 g/mol. The quantitative estimate of drug-likeness (QED) is 0.286. The Balaban J connectivity index is 1.97. The van der Waals surface area contributed by atoms with Gasteiger partial charge in [-0.2, -0.15) is 0 Å². The van der Waals surface area contributed by atoms with E-state index in [2.05, 4.69) is 17.2 Å². The second-order valence-corrected chi connectivity index (χ2v) is 7.23. The van der Waals surface area contributed by atoms with Crippen molar-refractivity contribution in [3.63, 3.8) is 0 Å². The maximum Gasteiger partial charge on any atom is 0.267 e. The van der Waals surface area contributed by atoms with Crippen LogP contribution in [0.3, 0.4) is 0 Å². The van der Waals surface area contributed by atoms with Crippen LogP contribution in [0.2, 0.25) is 0 Å². The highest BCUT2D eigenvalue weighted by Crippen LogP contribution is 2.36. The van der Waals surface area contributed by atoms with E-state index >= 15 is 0 Å². The minimum absolute atomic E-state index is 0.189. The first-order chi connectivity index (χ1) is 12.8. The molecule has 144 valence electrons. The molecule has 1 aromatic rings. The Morgan fingerprint density at radius 1 is 1.37 bits per heavy atom. The lowest BCUT2D eigenvalue weighted by molar-refractivity contribution is -0.132. The van der Waals surface area contributed by atoms with E-state index in [1.54, 1.807) is 44.2 Å². The highest BCUT2D eigenvalue weighted by atomic mass is 16.5. The van der Waals surface area contributed by atoms with Crippen molar-refractivity contribution in [2.75, 3.05) is 6.61 Å². The van der Waals surface area contributed by atoms with Crippen molar-refractivity contribution in [3.8, 4) is 11.8 Å². The molecule has 1 aliphatic rings. The molecule has 2 amide bonds. The standard InChI is InChI=1S/C20H25N3O4/c1-20(2,21)17(19(26)23-27)22-18(25)14-9-7-13(8-10-14)5-3-4-6-15-11-16(15)12-24/h3,5,7-10,15-17,24,27H,11-12,21H2,1-2H3,(H,22,25)(H,23,26)/b5-3+/t15-,16-,17-/m1/s1. The van der Waals surface area contributed by atoms with Crippen molar-refractivity contribution < 1.29 is 19.9 Å². The smallest absolute Gasteiger partial charge is 0.267 e. The van der Waals surface area contributed by atoms with Crippen LogP contribution in [-0.4, -0.2) is 40.3 Å². The van der Waals surface area contributed by atoms with Gasteiger partial charge in [0.15, 0.2) is 0 Å². The summed E-state index contributed by atoms with van der Waals surface area (Å²) in [6.45, 7) is 3.34. The Kier molecular flexibility index (Phi) is 6.75. The van der Waals surface area contributed by atoms with Gasteiger partial charge in [0, 0.05) is 23.6 Å². The number of nitrogens with one attached hydrogen (secondary N) is 2. The zero-order valence-electron chi connectivity index (χ0n) is 15.4. The molecule has 2 rings (SSSR count). The third-order valence-electron chi connectivity index (χ3n) is 4.35. The zero-order valence-corrected chi connectivity index (χ0v) is 15.4. The van der Waals surface area contributed by atoms with Gasteiger partial charge < -0.3 is 16.2 Å². The van der Waals surface area contributed by atoms with E-state index in [-0.39, 0.29) is 6.61 Å². The van der Waals surface area contributed by atoms with Gasteiger partial charge in [-0.3, -0.25) is 14.8 Å². The summed E-state index contributed by atoms with van der Waals surface area (Å²) in [5, 5.41) is 20.3. The first kappa shape index (κ1) is 20.6. The minimum atomic E-state index is -1.09. The molecule has 7 nitrogen and oxygen atoms in total. The van der Waals surface area contributed by atoms with Crippen LogP contribution < -0.4 is 16.5 Å². The fraction of sp³-hybridized carbons (Fsp3) is 0.400. The summed E-state index contributed by atoms with van der Waals surface area (Å²) < 4.78 is 0. The van der Waals surface area contributed by atoms with Crippen molar-refractivity contribution in [1.29, 1.82) is 0 Å². The SMILES string of the molecule is CC(C)(N)[C@H](NC(=O)c1ccc(/C=C/C#C[C@@H]2C[C@@H]2CO)cc1)C(=O)NO. The van der Waals surface area contributed by atoms with Gasteiger partial charge in [-0.15, -0.1) is 0 Å². The normalized spacial score (nSPS) is 19.7. The van der Waals surface area contributed by atoms with Crippen LogP contribution in [0.15, 0.2) is 30.3 Å². The van der Waals surface area contributed by atoms with Gasteiger partial charge in [0.05, 0.1) is 0 Å². The van der Waals surface area contributed by atoms with Crippen LogP contribution in [0.5, 0.6) is 0 Å². The number of hydrogen-bond acceptors (Lipinski definition) is 5. The van der Waals surface area contributed by atoms with Crippen molar-refractivity contribution >= 4 is 17.9 Å². The molecule has 6 N–H and O–H groups in total. The number of hydrogen-bond donors (Lipinski definition) is 5. The molecule has 7 heteroatoms. The number of carbonyl (C=O) groups is 2. The number of nitrogens with two attached hydrogens (primary N) is 1. The first-order valence-corrected chi connectivity index (χ1v) is 8.68. The molecule has 1 aromatic carbocycles. The molecule has 0 aliphatic heterocycles. The van der Waals surface area contributed by atoms with E-state index in [4.69, 9.17) is 16.0 Å². The molecule has 1 aliphatic carbocycles. The summed E-state index contributed by atoms with van der Waals surface area (Å²) >= 11 is 0. The van der Waals surface area contributed by atoms with E-state index in [0.29, 0.717) is 17.4 Å². The van der Waals surface area contributed by atoms with E-state index in [0.717, 1.165) is 12.0 Å². The highest BCUT2D eigenvalue weighted by Gasteiger charge is 2.34. The number of carbonyl (C=O) groups excluding carboxylic acids is 2. The lowest BCUT2D eigenvalue weighted by atomic mass is 9.95. The second kappa shape index (κ2) is 8.82. The van der Waals surface area contributed by atoms with Crippen molar-refractivity contribution in [3.05, 3.63) is 41.5 Å². The molecule has 1 saturated carbocycles. The number of rotatable bonds is 6. The summed E-state index contributed by atoms with van der Waals surface area (Å²) in [5.74, 6) is 5.39. The molecule has 0 heterocycles. The summed E-state index contributed by atoms with van der Waals surface area (Å²) in [4.78, 5) is 24.1. The van der Waals surface area contributed by atoms with Crippen molar-refractivity contribution in [2.45, 2.75) is 31.8 Å². The number of hydroxylamine groups is 1. The van der Waals surface area contributed by atoms with E-state index in [1.165, 1.54) is 5.48 Å². The predicted molar refractivity (Wildman–Crippen MR) is 101 cm³/mol. The van der Waals surface area contributed by atoms with E-state index in [9.17, 15) is 9.59 Å². The van der Waals surface area contributed by atoms with Gasteiger partial charge >= 0.3 is 0 Å². The fourth-order valence-electron chi connectivity index (χ4n) is 2.53. The molecule has 27 heavy (non-hydrogen) atoms. The molecule has 0 unspecified atom stereocenters. The first-order valence-electron chi connectivity index (χ1n) is 8.68. The lowest BCUT2D eigenvalue weighted by Gasteiger charge is -2.29. The number of amides is 2. The third-order valence-corrected chi connectivity index (χ3v) is 4.35. The van der Waals surface area contributed by atoms with Gasteiger partial charge in [-0.25, -0.2) is 5.48 Å². The monoisotopic (exact) mass is 371 g/mol. The summed E-state index contributed by atoms with van der Waals surface area (Å²) in [6, 6.07) is 5.69. The Hall–Kier alpha value is -2.66. The van der Waals surface area contributed by atoms with E-state index in [1.807, 2.05) is 6.08 Å². The van der Waals surface area contributed by atoms with E-state index < -0.39 is 23.4 Å². The predicted octanol–water partition coefficient (Wildman–Crippen LogP) is 0.673. The maximum atomic E-state index is 12.3. The summed E-state index contributed by atoms with van der Waals surface area (Å²) in [7, 11) is 0. The highest BCUT2D eigenvalue weighted by molar-refractivity contribution is 5.98. The lowest BCUT2D eigenvalue weighted by Crippen LogP contribution is -2.61.